The van der Waals surface area contributed by atoms with E-state index in [2.05, 4.69) is 31.8 Å². The van der Waals surface area contributed by atoms with E-state index in [9.17, 15) is 9.90 Å². The fourth-order valence-corrected chi connectivity index (χ4v) is 2.49. The zero-order chi connectivity index (χ0) is 18.2. The molecule has 0 saturated heterocycles. The van der Waals surface area contributed by atoms with Gasteiger partial charge in [-0.25, -0.2) is 5.43 Å². The summed E-state index contributed by atoms with van der Waals surface area (Å²) < 4.78 is 5.91. The third-order valence-electron chi connectivity index (χ3n) is 3.46. The van der Waals surface area contributed by atoms with Gasteiger partial charge in [-0.3, -0.25) is 4.79 Å². The Morgan fingerprint density at radius 2 is 1.96 bits per heavy atom. The van der Waals surface area contributed by atoms with E-state index in [1.165, 1.54) is 0 Å². The van der Waals surface area contributed by atoms with Gasteiger partial charge in [-0.05, 0) is 48.9 Å². The predicted octanol–water partition coefficient (Wildman–Crippen LogP) is 3.51. The van der Waals surface area contributed by atoms with Crippen molar-refractivity contribution < 1.29 is 14.6 Å². The normalized spacial score (nSPS) is 11.1. The molecule has 0 unspecified atom stereocenters. The zero-order valence-corrected chi connectivity index (χ0v) is 15.6. The number of halogens is 1. The number of hydrogen-bond donors (Lipinski definition) is 3. The summed E-state index contributed by atoms with van der Waals surface area (Å²) in [6.45, 7) is 1.98. The molecule has 6 nitrogen and oxygen atoms in total. The van der Waals surface area contributed by atoms with Gasteiger partial charge in [-0.2, -0.15) is 5.10 Å². The van der Waals surface area contributed by atoms with Crippen LogP contribution in [0.2, 0.25) is 0 Å². The maximum absolute atomic E-state index is 12.0. The molecule has 0 spiro atoms. The maximum Gasteiger partial charge on any atom is 0.259 e. The Hall–Kier alpha value is -2.54. The number of benzene rings is 2. The summed E-state index contributed by atoms with van der Waals surface area (Å²) >= 11 is 3.36. The molecule has 0 radical (unpaired) electrons. The second-order valence-electron chi connectivity index (χ2n) is 5.19. The summed E-state index contributed by atoms with van der Waals surface area (Å²) in [5.41, 5.74) is 4.49. The summed E-state index contributed by atoms with van der Waals surface area (Å²) in [4.78, 5) is 12.0. The lowest BCUT2D eigenvalue weighted by molar-refractivity contribution is -0.119. The van der Waals surface area contributed by atoms with Gasteiger partial charge in [0.25, 0.3) is 5.91 Å². The van der Waals surface area contributed by atoms with Crippen LogP contribution in [0.3, 0.4) is 0 Å². The van der Waals surface area contributed by atoms with Crippen LogP contribution in [0.15, 0.2) is 52.0 Å². The van der Waals surface area contributed by atoms with Crippen LogP contribution in [0, 0.1) is 0 Å². The van der Waals surface area contributed by atoms with Crippen molar-refractivity contribution in [3.05, 3.63) is 52.5 Å². The molecule has 2 rings (SSSR count). The van der Waals surface area contributed by atoms with Crippen LogP contribution in [0.1, 0.15) is 18.9 Å². The van der Waals surface area contributed by atoms with E-state index in [-0.39, 0.29) is 18.2 Å². The van der Waals surface area contributed by atoms with E-state index >= 15 is 0 Å². The number of methoxy groups -OCH3 is 1. The zero-order valence-electron chi connectivity index (χ0n) is 14.0. The van der Waals surface area contributed by atoms with Gasteiger partial charge in [0.2, 0.25) is 0 Å². The number of hydrazone groups is 1. The standard InChI is InChI=1S/C18H20BrN3O3/c1-3-16(15-10-12(19)4-9-17(15)23)21-22-18(24)11-20-13-5-7-14(25-2)8-6-13/h4-10,20,23H,3,11H2,1-2H3,(H,22,24)/b21-16+. The second kappa shape index (κ2) is 9.08. The highest BCUT2D eigenvalue weighted by Crippen LogP contribution is 2.23. The summed E-state index contributed by atoms with van der Waals surface area (Å²) in [5.74, 6) is 0.590. The molecule has 7 heteroatoms. The van der Waals surface area contributed by atoms with E-state index in [1.54, 1.807) is 25.3 Å². The van der Waals surface area contributed by atoms with Crippen LogP contribution >= 0.6 is 15.9 Å². The molecule has 132 valence electrons. The minimum absolute atomic E-state index is 0.0806. The number of nitrogens with zero attached hydrogens (tertiary/aromatic N) is 1. The summed E-state index contributed by atoms with van der Waals surface area (Å²) in [5, 5.41) is 17.1. The van der Waals surface area contributed by atoms with Crippen molar-refractivity contribution >= 4 is 33.2 Å². The molecule has 2 aromatic carbocycles. The lowest BCUT2D eigenvalue weighted by Crippen LogP contribution is -2.27. The van der Waals surface area contributed by atoms with Crippen molar-refractivity contribution in [2.24, 2.45) is 5.10 Å². The number of anilines is 1. The Labute approximate surface area is 155 Å². The quantitative estimate of drug-likeness (QED) is 0.486. The van der Waals surface area contributed by atoms with E-state index in [0.29, 0.717) is 17.7 Å². The maximum atomic E-state index is 12.0. The highest BCUT2D eigenvalue weighted by Gasteiger charge is 2.09. The molecular formula is C18H20BrN3O3. The molecule has 0 bridgehead atoms. The van der Waals surface area contributed by atoms with E-state index in [4.69, 9.17) is 4.74 Å². The van der Waals surface area contributed by atoms with Gasteiger partial charge in [-0.15, -0.1) is 0 Å². The number of phenolic OH excluding ortho intramolecular Hbond substituents is 1. The number of aromatic hydroxyl groups is 1. The van der Waals surface area contributed by atoms with Crippen LogP contribution in [0.5, 0.6) is 11.5 Å². The summed E-state index contributed by atoms with van der Waals surface area (Å²) in [6, 6.07) is 12.4. The van der Waals surface area contributed by atoms with E-state index in [0.717, 1.165) is 15.9 Å². The molecule has 0 heterocycles. The van der Waals surface area contributed by atoms with E-state index < -0.39 is 0 Å². The topological polar surface area (TPSA) is 83.0 Å². The highest BCUT2D eigenvalue weighted by molar-refractivity contribution is 9.10. The van der Waals surface area contributed by atoms with Crippen molar-refractivity contribution in [1.29, 1.82) is 0 Å². The summed E-state index contributed by atoms with van der Waals surface area (Å²) in [6.07, 6.45) is 0.566. The monoisotopic (exact) mass is 405 g/mol. The van der Waals surface area contributed by atoms with Crippen molar-refractivity contribution in [3.8, 4) is 11.5 Å². The number of carbonyl (C=O) groups is 1. The number of nitrogens with one attached hydrogen (secondary N) is 2. The number of ether oxygens (including phenoxy) is 1. The molecule has 0 aromatic heterocycles. The fraction of sp³-hybridized carbons (Fsp3) is 0.222. The fourth-order valence-electron chi connectivity index (χ4n) is 2.13. The molecule has 25 heavy (non-hydrogen) atoms. The first-order chi connectivity index (χ1) is 12.0. The summed E-state index contributed by atoms with van der Waals surface area (Å²) in [7, 11) is 1.60. The average molecular weight is 406 g/mol. The lowest BCUT2D eigenvalue weighted by atomic mass is 10.1. The van der Waals surface area contributed by atoms with Crippen LogP contribution < -0.4 is 15.5 Å². The Kier molecular flexibility index (Phi) is 6.82. The minimum Gasteiger partial charge on any atom is -0.507 e. The molecule has 0 atom stereocenters. The smallest absolute Gasteiger partial charge is 0.259 e. The SMILES string of the molecule is CC/C(=N\NC(=O)CNc1ccc(OC)cc1)c1cc(Br)ccc1O. The molecule has 1 amide bonds. The number of carbonyl (C=O) groups excluding carboxylic acids is 1. The molecule has 0 aliphatic heterocycles. The van der Waals surface area contributed by atoms with E-state index in [1.807, 2.05) is 31.2 Å². The van der Waals surface area contributed by atoms with Crippen LogP contribution in [0.25, 0.3) is 0 Å². The Bertz CT molecular complexity index is 761. The van der Waals surface area contributed by atoms with Crippen LogP contribution in [0.4, 0.5) is 5.69 Å². The molecule has 0 saturated carbocycles. The minimum atomic E-state index is -0.281. The van der Waals surface area contributed by atoms with Gasteiger partial charge in [0.05, 0.1) is 19.4 Å². The average Bonchev–Trinajstić information content (AvgIpc) is 2.63. The van der Waals surface area contributed by atoms with Gasteiger partial charge < -0.3 is 15.2 Å². The number of hydrogen-bond acceptors (Lipinski definition) is 5. The number of phenols is 1. The second-order valence-corrected chi connectivity index (χ2v) is 6.11. The van der Waals surface area contributed by atoms with Crippen molar-refractivity contribution in [3.63, 3.8) is 0 Å². The van der Waals surface area contributed by atoms with Gasteiger partial charge in [0, 0.05) is 15.7 Å². The predicted molar refractivity (Wildman–Crippen MR) is 102 cm³/mol. The van der Waals surface area contributed by atoms with Gasteiger partial charge >= 0.3 is 0 Å². The molecule has 0 aliphatic rings. The van der Waals surface area contributed by atoms with Crippen molar-refractivity contribution in [1.82, 2.24) is 5.43 Å². The number of rotatable bonds is 7. The number of amides is 1. The highest BCUT2D eigenvalue weighted by atomic mass is 79.9. The van der Waals surface area contributed by atoms with Gasteiger partial charge in [0.1, 0.15) is 11.5 Å². The molecule has 3 N–H and O–H groups in total. The molecule has 0 aliphatic carbocycles. The van der Waals surface area contributed by atoms with Crippen molar-refractivity contribution in [2.45, 2.75) is 13.3 Å². The first kappa shape index (κ1) is 18.8. The molecule has 2 aromatic rings. The third kappa shape index (κ3) is 5.49. The van der Waals surface area contributed by atoms with Crippen LogP contribution in [-0.2, 0) is 4.79 Å². The third-order valence-corrected chi connectivity index (χ3v) is 3.96. The molecular weight excluding hydrogens is 386 g/mol. The largest absolute Gasteiger partial charge is 0.507 e. The first-order valence-electron chi connectivity index (χ1n) is 7.75. The Morgan fingerprint density at radius 1 is 1.24 bits per heavy atom. The van der Waals surface area contributed by atoms with Gasteiger partial charge in [-0.1, -0.05) is 22.9 Å². The van der Waals surface area contributed by atoms with Crippen molar-refractivity contribution in [2.75, 3.05) is 19.0 Å². The van der Waals surface area contributed by atoms with Crippen LogP contribution in [-0.4, -0.2) is 30.4 Å². The van der Waals surface area contributed by atoms with Gasteiger partial charge in [0.15, 0.2) is 0 Å². The molecule has 0 fully saturated rings. The lowest BCUT2D eigenvalue weighted by Gasteiger charge is -2.09. The first-order valence-corrected chi connectivity index (χ1v) is 8.55. The Balaban J connectivity index is 1.96. The Morgan fingerprint density at radius 3 is 2.60 bits per heavy atom.